The number of hydrogen-bond donors (Lipinski definition) is 0. The molecule has 0 aliphatic rings. The highest BCUT2D eigenvalue weighted by Gasteiger charge is 2.40. The molecule has 0 atom stereocenters. The first-order valence-corrected chi connectivity index (χ1v) is 10.7. The number of nitrogens with zero attached hydrogens (tertiary/aromatic N) is 2. The van der Waals surface area contributed by atoms with E-state index in [1.165, 1.54) is 26.8 Å². The number of ketones is 1. The molecule has 0 fully saturated rings. The van der Waals surface area contributed by atoms with Gasteiger partial charge in [0.2, 0.25) is 6.41 Å². The Hall–Kier alpha value is -3.28. The Balaban J connectivity index is 0.00000181. The molecular weight excluding hydrogens is 485 g/mol. The SMILES string of the molecule is C=CCCC(=O)c1nc(C(=O)OC)c(N(C=O)C(=O)OC(C)(C)C)cc1C(F)(F)F.COC(C)(C)C. The highest BCUT2D eigenvalue weighted by atomic mass is 19.4. The van der Waals surface area contributed by atoms with Gasteiger partial charge in [0.1, 0.15) is 11.3 Å². The molecule has 1 aromatic rings. The van der Waals surface area contributed by atoms with E-state index in [1.807, 2.05) is 20.8 Å². The molecule has 0 aliphatic carbocycles. The molecule has 1 aromatic heterocycles. The van der Waals surface area contributed by atoms with Crippen LogP contribution in [0.4, 0.5) is 23.7 Å². The van der Waals surface area contributed by atoms with Gasteiger partial charge in [-0.2, -0.15) is 13.2 Å². The maximum absolute atomic E-state index is 13.6. The van der Waals surface area contributed by atoms with Crippen LogP contribution in [0, 0.1) is 0 Å². The second-order valence-electron chi connectivity index (χ2n) is 9.26. The van der Waals surface area contributed by atoms with Crippen molar-refractivity contribution in [1.82, 2.24) is 4.98 Å². The number of rotatable bonds is 7. The number of methoxy groups -OCH3 is 2. The third kappa shape index (κ3) is 10.5. The molecule has 12 heteroatoms. The lowest BCUT2D eigenvalue weighted by Crippen LogP contribution is -2.37. The molecule has 1 heterocycles. The Kier molecular flexibility index (Phi) is 11.9. The van der Waals surface area contributed by atoms with Crippen LogP contribution in [-0.2, 0) is 25.2 Å². The minimum atomic E-state index is -5.07. The van der Waals surface area contributed by atoms with Gasteiger partial charge >= 0.3 is 18.2 Å². The molecule has 2 amide bonds. The topological polar surface area (TPSA) is 112 Å². The molecule has 0 radical (unpaired) electrons. The van der Waals surface area contributed by atoms with Crippen LogP contribution < -0.4 is 4.90 Å². The largest absolute Gasteiger partial charge is 0.464 e. The van der Waals surface area contributed by atoms with Crippen LogP contribution >= 0.6 is 0 Å². The van der Waals surface area contributed by atoms with Crippen molar-refractivity contribution in [2.45, 2.75) is 71.8 Å². The number of allylic oxidation sites excluding steroid dienone is 1. The third-order valence-electron chi connectivity index (χ3n) is 4.09. The summed E-state index contributed by atoms with van der Waals surface area (Å²) in [6.45, 7) is 13.9. The zero-order valence-corrected chi connectivity index (χ0v) is 21.7. The Labute approximate surface area is 208 Å². The molecule has 9 nitrogen and oxygen atoms in total. The van der Waals surface area contributed by atoms with Crippen LogP contribution in [0.25, 0.3) is 0 Å². The minimum Gasteiger partial charge on any atom is -0.464 e. The number of aromatic nitrogens is 1. The lowest BCUT2D eigenvalue weighted by atomic mass is 10.0. The van der Waals surface area contributed by atoms with Crippen LogP contribution in [0.2, 0.25) is 0 Å². The van der Waals surface area contributed by atoms with Crippen molar-refractivity contribution >= 4 is 29.9 Å². The molecule has 0 unspecified atom stereocenters. The lowest BCUT2D eigenvalue weighted by molar-refractivity contribution is -0.138. The third-order valence-corrected chi connectivity index (χ3v) is 4.09. The van der Waals surface area contributed by atoms with Crippen LogP contribution in [0.1, 0.15) is 80.9 Å². The van der Waals surface area contributed by atoms with Gasteiger partial charge < -0.3 is 14.2 Å². The van der Waals surface area contributed by atoms with Gasteiger partial charge in [-0.15, -0.1) is 6.58 Å². The van der Waals surface area contributed by atoms with E-state index in [9.17, 15) is 32.3 Å². The van der Waals surface area contributed by atoms with Crippen molar-refractivity contribution < 1.29 is 46.6 Å². The van der Waals surface area contributed by atoms with E-state index in [0.717, 1.165) is 7.11 Å². The van der Waals surface area contributed by atoms with E-state index in [2.05, 4.69) is 16.3 Å². The van der Waals surface area contributed by atoms with Crippen molar-refractivity contribution in [2.24, 2.45) is 0 Å². The molecule has 0 saturated heterocycles. The summed E-state index contributed by atoms with van der Waals surface area (Å²) in [5.41, 5.74) is -5.27. The quantitative estimate of drug-likeness (QED) is 0.205. The van der Waals surface area contributed by atoms with Gasteiger partial charge in [0, 0.05) is 13.5 Å². The van der Waals surface area contributed by atoms with Gasteiger partial charge in [-0.1, -0.05) is 6.08 Å². The molecule has 0 aromatic carbocycles. The van der Waals surface area contributed by atoms with Crippen LogP contribution in [0.5, 0.6) is 0 Å². The molecular formula is C24H33F3N2O7. The smallest absolute Gasteiger partial charge is 0.421 e. The van der Waals surface area contributed by atoms with Crippen molar-refractivity contribution in [3.05, 3.63) is 35.7 Å². The summed E-state index contributed by atoms with van der Waals surface area (Å²) in [6.07, 6.45) is -5.48. The van der Waals surface area contributed by atoms with Gasteiger partial charge in [0.15, 0.2) is 11.5 Å². The summed E-state index contributed by atoms with van der Waals surface area (Å²) in [5.74, 6) is -2.26. The van der Waals surface area contributed by atoms with Crippen molar-refractivity contribution in [1.29, 1.82) is 0 Å². The van der Waals surface area contributed by atoms with E-state index in [4.69, 9.17) is 9.47 Å². The fourth-order valence-corrected chi connectivity index (χ4v) is 2.22. The van der Waals surface area contributed by atoms with Gasteiger partial charge in [0.05, 0.1) is 24.0 Å². The molecule has 0 N–H and O–H groups in total. The number of imide groups is 1. The molecule has 0 saturated carbocycles. The van der Waals surface area contributed by atoms with E-state index in [0.29, 0.717) is 6.07 Å². The zero-order chi connectivity index (χ0) is 28.5. The summed E-state index contributed by atoms with van der Waals surface area (Å²) in [6, 6.07) is 0.318. The number of pyridine rings is 1. The van der Waals surface area contributed by atoms with E-state index >= 15 is 0 Å². The number of hydrogen-bond acceptors (Lipinski definition) is 8. The first-order valence-electron chi connectivity index (χ1n) is 10.7. The lowest BCUT2D eigenvalue weighted by Gasteiger charge is -2.25. The Morgan fingerprint density at radius 2 is 1.56 bits per heavy atom. The Bertz CT molecular complexity index is 962. The molecule has 0 aliphatic heterocycles. The standard InChI is InChI=1S/C19H21F3N2O6.C5H12O/c1-6-7-8-13(26)14-11(19(20,21)22)9-12(15(23-14)16(27)29-5)24(10-25)17(28)30-18(2,3)4;1-5(2,3)6-4/h6,9-10H,1,7-8H2,2-5H3;1-4H3. The summed E-state index contributed by atoms with van der Waals surface area (Å²) in [5, 5.41) is 0. The number of halogens is 3. The second kappa shape index (κ2) is 13.1. The number of Topliss-reactive ketones (excluding diaryl/α,β-unsaturated/α-hetero) is 1. The van der Waals surface area contributed by atoms with Gasteiger partial charge in [-0.05, 0) is 54.0 Å². The molecule has 1 rings (SSSR count). The first kappa shape index (κ1) is 32.7. The summed E-state index contributed by atoms with van der Waals surface area (Å²) in [4.78, 5) is 51.9. The summed E-state index contributed by atoms with van der Waals surface area (Å²) < 4.78 is 55.3. The number of alkyl halides is 3. The molecule has 0 bridgehead atoms. The minimum absolute atomic E-state index is 0.0417. The predicted molar refractivity (Wildman–Crippen MR) is 126 cm³/mol. The van der Waals surface area contributed by atoms with Crippen LogP contribution in [0.3, 0.4) is 0 Å². The van der Waals surface area contributed by atoms with E-state index < -0.39 is 52.3 Å². The Morgan fingerprint density at radius 3 is 1.92 bits per heavy atom. The number of carbonyl (C=O) groups is 4. The Morgan fingerprint density at radius 1 is 1.03 bits per heavy atom. The predicted octanol–water partition coefficient (Wildman–Crippen LogP) is 5.37. The second-order valence-corrected chi connectivity index (χ2v) is 9.26. The fraction of sp³-hybridized carbons (Fsp3) is 0.542. The zero-order valence-electron chi connectivity index (χ0n) is 21.7. The number of amides is 2. The first-order chi connectivity index (χ1) is 16.3. The van der Waals surface area contributed by atoms with Gasteiger partial charge in [-0.3, -0.25) is 9.59 Å². The average molecular weight is 519 g/mol. The number of carbonyl (C=O) groups excluding carboxylic acids is 4. The summed E-state index contributed by atoms with van der Waals surface area (Å²) >= 11 is 0. The van der Waals surface area contributed by atoms with Crippen LogP contribution in [0.15, 0.2) is 18.7 Å². The molecule has 0 spiro atoms. The van der Waals surface area contributed by atoms with Crippen molar-refractivity contribution in [2.75, 3.05) is 19.1 Å². The highest BCUT2D eigenvalue weighted by Crippen LogP contribution is 2.36. The normalized spacial score (nSPS) is 11.5. The van der Waals surface area contributed by atoms with E-state index in [1.54, 1.807) is 7.11 Å². The number of anilines is 1. The van der Waals surface area contributed by atoms with Crippen molar-refractivity contribution in [3.63, 3.8) is 0 Å². The van der Waals surface area contributed by atoms with Crippen molar-refractivity contribution in [3.8, 4) is 0 Å². The maximum Gasteiger partial charge on any atom is 0.421 e. The molecule has 36 heavy (non-hydrogen) atoms. The number of ether oxygens (including phenoxy) is 3. The fourth-order valence-electron chi connectivity index (χ4n) is 2.22. The summed E-state index contributed by atoms with van der Waals surface area (Å²) in [7, 11) is 2.63. The van der Waals surface area contributed by atoms with Gasteiger partial charge in [-0.25, -0.2) is 19.5 Å². The van der Waals surface area contributed by atoms with Crippen LogP contribution in [-0.4, -0.2) is 54.7 Å². The highest BCUT2D eigenvalue weighted by molar-refractivity contribution is 6.09. The van der Waals surface area contributed by atoms with E-state index in [-0.39, 0.29) is 29.8 Å². The average Bonchev–Trinajstić information content (AvgIpc) is 2.75. The monoisotopic (exact) mass is 518 g/mol. The number of esters is 1. The molecule has 202 valence electrons. The van der Waals surface area contributed by atoms with Gasteiger partial charge in [0.25, 0.3) is 0 Å². The maximum atomic E-state index is 13.6.